The number of aliphatic carboxylic acids is 1. The number of rotatable bonds is 7. The van der Waals surface area contributed by atoms with Crippen molar-refractivity contribution in [3.8, 4) is 23.0 Å². The summed E-state index contributed by atoms with van der Waals surface area (Å²) in [5.74, 6) is -0.775. The van der Waals surface area contributed by atoms with E-state index in [0.29, 0.717) is 11.3 Å². The highest BCUT2D eigenvalue weighted by Gasteiger charge is 2.35. The third kappa shape index (κ3) is 5.43. The number of carboxylic acids is 1. The molecule has 4 aromatic rings. The van der Waals surface area contributed by atoms with Crippen LogP contribution in [0.25, 0.3) is 10.9 Å². The molecule has 3 aromatic carbocycles. The van der Waals surface area contributed by atoms with Crippen LogP contribution in [0.2, 0.25) is 0 Å². The van der Waals surface area contributed by atoms with E-state index in [2.05, 4.69) is 5.10 Å². The van der Waals surface area contributed by atoms with Gasteiger partial charge < -0.3 is 14.6 Å². The van der Waals surface area contributed by atoms with Gasteiger partial charge in [0.1, 0.15) is 28.6 Å². The van der Waals surface area contributed by atoms with Crippen LogP contribution in [0.1, 0.15) is 17.5 Å². The number of fused-ring (bicyclic) bond motifs is 1. The molecule has 6 nitrogen and oxygen atoms in total. The Morgan fingerprint density at radius 1 is 1.00 bits per heavy atom. The van der Waals surface area contributed by atoms with E-state index in [9.17, 15) is 18.0 Å². The standard InChI is InChI=1S/C24H19F3N2O4/c1-29-14-16-12-18(6-8-21(16)28-29)32-19-7-9-22(20(13-19)24(25,26)27)33-17-4-2-3-15(11-17)5-10-23(30)31/h2-4,6-9,11-14H,5,10H2,1H3,(H,30,31). The van der Waals surface area contributed by atoms with E-state index in [1.54, 1.807) is 48.3 Å². The van der Waals surface area contributed by atoms with Crippen LogP contribution in [0.3, 0.4) is 0 Å². The second kappa shape index (κ2) is 8.85. The van der Waals surface area contributed by atoms with E-state index in [1.807, 2.05) is 0 Å². The van der Waals surface area contributed by atoms with Crippen LogP contribution in [0, 0.1) is 0 Å². The smallest absolute Gasteiger partial charge is 0.420 e. The van der Waals surface area contributed by atoms with Crippen molar-refractivity contribution in [2.75, 3.05) is 0 Å². The second-order valence-electron chi connectivity index (χ2n) is 7.42. The average Bonchev–Trinajstić information content (AvgIpc) is 3.12. The number of carboxylic acid groups (broad SMARTS) is 1. The Bertz CT molecular complexity index is 1310. The molecule has 0 saturated heterocycles. The van der Waals surface area contributed by atoms with Crippen LogP contribution < -0.4 is 9.47 Å². The molecule has 0 aliphatic heterocycles. The van der Waals surface area contributed by atoms with E-state index in [0.717, 1.165) is 17.0 Å². The van der Waals surface area contributed by atoms with E-state index >= 15 is 0 Å². The van der Waals surface area contributed by atoms with Gasteiger partial charge in [-0.05, 0) is 60.5 Å². The van der Waals surface area contributed by atoms with Gasteiger partial charge in [0.15, 0.2) is 0 Å². The number of nitrogens with zero attached hydrogens (tertiary/aromatic N) is 2. The maximum atomic E-state index is 13.8. The van der Waals surface area contributed by atoms with Crippen LogP contribution in [-0.4, -0.2) is 20.9 Å². The average molecular weight is 456 g/mol. The predicted molar refractivity (Wildman–Crippen MR) is 115 cm³/mol. The number of hydrogen-bond acceptors (Lipinski definition) is 4. The zero-order chi connectivity index (χ0) is 23.6. The number of ether oxygens (including phenoxy) is 2. The molecule has 4 rings (SSSR count). The molecule has 1 aromatic heterocycles. The molecule has 0 radical (unpaired) electrons. The quantitative estimate of drug-likeness (QED) is 0.359. The van der Waals surface area contributed by atoms with Gasteiger partial charge in [-0.1, -0.05) is 12.1 Å². The number of alkyl halides is 3. The zero-order valence-corrected chi connectivity index (χ0v) is 17.5. The Morgan fingerprint density at radius 2 is 1.73 bits per heavy atom. The molecular weight excluding hydrogens is 437 g/mol. The van der Waals surface area contributed by atoms with Gasteiger partial charge in [0.05, 0.1) is 5.52 Å². The molecule has 1 N–H and O–H groups in total. The van der Waals surface area contributed by atoms with E-state index in [-0.39, 0.29) is 30.1 Å². The molecule has 0 bridgehead atoms. The minimum absolute atomic E-state index is 0.00752. The third-order valence-electron chi connectivity index (χ3n) is 4.84. The lowest BCUT2D eigenvalue weighted by Gasteiger charge is -2.16. The van der Waals surface area contributed by atoms with Crippen LogP contribution in [0.15, 0.2) is 66.9 Å². The lowest BCUT2D eigenvalue weighted by Crippen LogP contribution is -2.07. The van der Waals surface area contributed by atoms with Crippen LogP contribution >= 0.6 is 0 Å². The topological polar surface area (TPSA) is 73.6 Å². The Balaban J connectivity index is 1.59. The van der Waals surface area contributed by atoms with Crippen molar-refractivity contribution in [1.29, 1.82) is 0 Å². The fourth-order valence-corrected chi connectivity index (χ4v) is 3.35. The SMILES string of the molecule is Cn1cc2cc(Oc3ccc(Oc4cccc(CCC(=O)O)c4)c(C(F)(F)F)c3)ccc2n1. The van der Waals surface area contributed by atoms with Crippen molar-refractivity contribution in [3.05, 3.63) is 78.0 Å². The summed E-state index contributed by atoms with van der Waals surface area (Å²) in [7, 11) is 1.77. The van der Waals surface area contributed by atoms with Gasteiger partial charge in [0.25, 0.3) is 0 Å². The number of halogens is 3. The zero-order valence-electron chi connectivity index (χ0n) is 17.5. The van der Waals surface area contributed by atoms with Gasteiger partial charge >= 0.3 is 12.1 Å². The highest BCUT2D eigenvalue weighted by molar-refractivity contribution is 5.79. The number of benzene rings is 3. The molecule has 9 heteroatoms. The van der Waals surface area contributed by atoms with Crippen LogP contribution in [0.5, 0.6) is 23.0 Å². The first-order valence-electron chi connectivity index (χ1n) is 9.98. The Labute approximate surface area is 186 Å². The van der Waals surface area contributed by atoms with E-state index in [1.165, 1.54) is 24.3 Å². The molecule has 170 valence electrons. The normalized spacial score (nSPS) is 11.5. The lowest BCUT2D eigenvalue weighted by molar-refractivity contribution is -0.139. The number of carbonyl (C=O) groups is 1. The summed E-state index contributed by atoms with van der Waals surface area (Å²) >= 11 is 0. The summed E-state index contributed by atoms with van der Waals surface area (Å²) in [5, 5.41) is 13.9. The minimum Gasteiger partial charge on any atom is -0.481 e. The predicted octanol–water partition coefficient (Wildman–Crippen LogP) is 6.19. The molecule has 0 amide bonds. The van der Waals surface area contributed by atoms with Gasteiger partial charge in [0, 0.05) is 25.1 Å². The first-order valence-corrected chi connectivity index (χ1v) is 9.98. The Kier molecular flexibility index (Phi) is 5.95. The van der Waals surface area contributed by atoms with Crippen molar-refractivity contribution < 1.29 is 32.5 Å². The second-order valence-corrected chi connectivity index (χ2v) is 7.42. The van der Waals surface area contributed by atoms with Crippen molar-refractivity contribution in [1.82, 2.24) is 9.78 Å². The van der Waals surface area contributed by atoms with E-state index in [4.69, 9.17) is 14.6 Å². The maximum Gasteiger partial charge on any atom is 0.420 e. The van der Waals surface area contributed by atoms with Crippen molar-refractivity contribution in [2.24, 2.45) is 7.05 Å². The molecule has 0 aliphatic rings. The molecule has 0 spiro atoms. The highest BCUT2D eigenvalue weighted by Crippen LogP contribution is 2.41. The number of aromatic nitrogens is 2. The Hall–Kier alpha value is -4.01. The maximum absolute atomic E-state index is 13.8. The first-order chi connectivity index (χ1) is 15.7. The summed E-state index contributed by atoms with van der Waals surface area (Å²) in [4.78, 5) is 10.8. The van der Waals surface area contributed by atoms with Gasteiger partial charge in [-0.2, -0.15) is 18.3 Å². The van der Waals surface area contributed by atoms with Crippen LogP contribution in [-0.2, 0) is 24.4 Å². The van der Waals surface area contributed by atoms with Gasteiger partial charge in [0.2, 0.25) is 0 Å². The molecule has 0 saturated carbocycles. The summed E-state index contributed by atoms with van der Waals surface area (Å²) in [6.07, 6.45) is -2.74. The third-order valence-corrected chi connectivity index (χ3v) is 4.84. The molecule has 0 atom stereocenters. The minimum atomic E-state index is -4.68. The van der Waals surface area contributed by atoms with Crippen molar-refractivity contribution in [3.63, 3.8) is 0 Å². The van der Waals surface area contributed by atoms with Gasteiger partial charge in [-0.25, -0.2) is 0 Å². The molecule has 0 unspecified atom stereocenters. The monoisotopic (exact) mass is 456 g/mol. The molecular formula is C24H19F3N2O4. The molecule has 33 heavy (non-hydrogen) atoms. The van der Waals surface area contributed by atoms with Crippen LogP contribution in [0.4, 0.5) is 13.2 Å². The molecule has 0 aliphatic carbocycles. The van der Waals surface area contributed by atoms with E-state index < -0.39 is 17.7 Å². The fraction of sp³-hybridized carbons (Fsp3) is 0.167. The summed E-state index contributed by atoms with van der Waals surface area (Å²) < 4.78 is 54.1. The fourth-order valence-electron chi connectivity index (χ4n) is 3.35. The van der Waals surface area contributed by atoms with Crippen molar-refractivity contribution in [2.45, 2.75) is 19.0 Å². The summed E-state index contributed by atoms with van der Waals surface area (Å²) in [6.45, 7) is 0. The number of aryl methyl sites for hydroxylation is 2. The van der Waals surface area contributed by atoms with Gasteiger partial charge in [-0.3, -0.25) is 9.48 Å². The summed E-state index contributed by atoms with van der Waals surface area (Å²) in [5.41, 5.74) is 0.405. The van der Waals surface area contributed by atoms with Gasteiger partial charge in [-0.15, -0.1) is 0 Å². The summed E-state index contributed by atoms with van der Waals surface area (Å²) in [6, 6.07) is 14.9. The first kappa shape index (κ1) is 22.2. The molecule has 1 heterocycles. The highest BCUT2D eigenvalue weighted by atomic mass is 19.4. The molecule has 0 fully saturated rings. The van der Waals surface area contributed by atoms with Crippen molar-refractivity contribution >= 4 is 16.9 Å². The Morgan fingerprint density at radius 3 is 2.48 bits per heavy atom. The lowest BCUT2D eigenvalue weighted by atomic mass is 10.1. The number of hydrogen-bond donors (Lipinski definition) is 1. The largest absolute Gasteiger partial charge is 0.481 e.